The van der Waals surface area contributed by atoms with Gasteiger partial charge in [0.15, 0.2) is 5.95 Å². The molecule has 1 aliphatic rings. The first-order valence-corrected chi connectivity index (χ1v) is 21.5. The molecule has 0 bridgehead atoms. The summed E-state index contributed by atoms with van der Waals surface area (Å²) in [7, 11) is 0.448. The van der Waals surface area contributed by atoms with Gasteiger partial charge in [-0.3, -0.25) is 0 Å². The number of tetrazole rings is 1. The number of hydrogen-bond acceptors (Lipinski definition) is 12. The number of nitrogen functional groups attached to an aromatic ring is 1. The molecular weight excluding hydrogens is 787 g/mol. The normalized spacial score (nSPS) is 13.6. The van der Waals surface area contributed by atoms with E-state index < -0.39 is 10.0 Å². The highest BCUT2D eigenvalue weighted by molar-refractivity contribution is 8.00. The third-order valence-electron chi connectivity index (χ3n) is 10.3. The molecule has 2 aromatic heterocycles. The van der Waals surface area contributed by atoms with E-state index in [-0.39, 0.29) is 35.0 Å². The lowest BCUT2D eigenvalue weighted by Crippen LogP contribution is -2.32. The highest BCUT2D eigenvalue weighted by atomic mass is 32.2. The van der Waals surface area contributed by atoms with Crippen LogP contribution in [0.4, 0.5) is 5.95 Å². The fraction of sp³-hybridized carbons (Fsp3) is 0.256. The fourth-order valence-electron chi connectivity index (χ4n) is 7.25. The minimum atomic E-state index is -4.37. The van der Waals surface area contributed by atoms with Gasteiger partial charge in [0.05, 0.1) is 44.5 Å². The molecule has 4 N–H and O–H groups in total. The lowest BCUT2D eigenvalue weighted by molar-refractivity contribution is 0.397. The maximum Gasteiger partial charge on any atom is 0.245 e. The molecule has 7 aromatic rings. The van der Waals surface area contributed by atoms with Crippen molar-refractivity contribution in [1.29, 1.82) is 0 Å². The van der Waals surface area contributed by atoms with Gasteiger partial charge in [-0.15, -0.1) is 22.0 Å². The average Bonchev–Trinajstić information content (AvgIpc) is 3.90. The van der Waals surface area contributed by atoms with Crippen molar-refractivity contribution in [3.63, 3.8) is 0 Å². The fourth-order valence-corrected chi connectivity index (χ4v) is 10.6. The van der Waals surface area contributed by atoms with E-state index in [9.17, 15) is 0 Å². The Hall–Kier alpha value is -5.94. The molecule has 0 spiro atoms. The molecule has 0 unspecified atom stereocenters. The first kappa shape index (κ1) is 39.9. The van der Waals surface area contributed by atoms with Gasteiger partial charge in [0.25, 0.3) is 0 Å². The van der Waals surface area contributed by atoms with Gasteiger partial charge in [0, 0.05) is 28.8 Å². The number of rotatable bonds is 15. The minimum Gasteiger partial charge on any atom is -0.497 e. The van der Waals surface area contributed by atoms with Crippen LogP contribution in [0, 0.1) is 0 Å². The maximum absolute atomic E-state index is 16.0. The smallest absolute Gasteiger partial charge is 0.245 e. The quantitative estimate of drug-likeness (QED) is 0.0990. The second-order valence-electron chi connectivity index (χ2n) is 14.2. The van der Waals surface area contributed by atoms with Crippen molar-refractivity contribution < 1.29 is 22.6 Å². The number of ether oxygens (including phenoxy) is 3. The lowest BCUT2D eigenvalue weighted by atomic mass is 9.98. The van der Waals surface area contributed by atoms with E-state index in [1.807, 2.05) is 103 Å². The van der Waals surface area contributed by atoms with Crippen molar-refractivity contribution in [3.05, 3.63) is 120 Å². The number of fused-ring (bicyclic) bond motifs is 1. The summed E-state index contributed by atoms with van der Waals surface area (Å²) in [6.45, 7) is 2.13. The zero-order chi connectivity index (χ0) is 40.9. The van der Waals surface area contributed by atoms with Crippen LogP contribution in [0.2, 0.25) is 0 Å². The zero-order valence-corrected chi connectivity index (χ0v) is 34.6. The van der Waals surface area contributed by atoms with Crippen LogP contribution >= 0.6 is 11.8 Å². The number of nitrogens with two attached hydrogens (primary N) is 1. The van der Waals surface area contributed by atoms with Gasteiger partial charge < -0.3 is 30.2 Å². The van der Waals surface area contributed by atoms with Crippen molar-refractivity contribution in [2.24, 2.45) is 0 Å². The predicted octanol–water partition coefficient (Wildman–Crippen LogP) is 6.77. The Labute approximate surface area is 347 Å². The van der Waals surface area contributed by atoms with E-state index in [1.54, 1.807) is 33.1 Å². The number of imidazole rings is 1. The van der Waals surface area contributed by atoms with Gasteiger partial charge >= 0.3 is 0 Å². The Morgan fingerprint density at radius 3 is 1.97 bits per heavy atom. The van der Waals surface area contributed by atoms with Crippen LogP contribution in [0.5, 0.6) is 17.2 Å². The molecule has 0 amide bonds. The Bertz CT molecular complexity index is 2590. The summed E-state index contributed by atoms with van der Waals surface area (Å²) in [6.07, 6.45) is 1.76. The molecule has 0 atom stereocenters. The molecule has 0 aliphatic carbocycles. The molecule has 304 valence electrons. The zero-order valence-electron chi connectivity index (χ0n) is 33.0. The largest absolute Gasteiger partial charge is 0.497 e. The SMILES string of the molecule is COc1ccc(CN(Cc2ccc(OC)cc2)S(=O)(=O)c2c(SC3CCNCC3)ccc(-c3cccc4[nH]c(N)nc34)c2-c2nnn(Cc3ccc(OC)cc3)n2)cc1. The molecule has 16 heteroatoms. The Kier molecular flexibility index (Phi) is 11.8. The second-order valence-corrected chi connectivity index (χ2v) is 17.4. The third-order valence-corrected chi connectivity index (χ3v) is 13.7. The first-order chi connectivity index (χ1) is 28.7. The average molecular weight is 832 g/mol. The van der Waals surface area contributed by atoms with Gasteiger partial charge in [0.2, 0.25) is 15.8 Å². The van der Waals surface area contributed by atoms with E-state index in [1.165, 1.54) is 9.10 Å². The summed E-state index contributed by atoms with van der Waals surface area (Å²) in [5.74, 6) is 2.48. The number of methoxy groups -OCH3 is 3. The van der Waals surface area contributed by atoms with Gasteiger partial charge in [-0.2, -0.15) is 9.10 Å². The number of anilines is 1. The van der Waals surface area contributed by atoms with Gasteiger partial charge in [-0.1, -0.05) is 54.6 Å². The van der Waals surface area contributed by atoms with Crippen LogP contribution in [0.15, 0.2) is 113 Å². The Morgan fingerprint density at radius 1 is 0.780 bits per heavy atom. The predicted molar refractivity (Wildman–Crippen MR) is 229 cm³/mol. The molecule has 8 rings (SSSR count). The number of piperidine rings is 1. The number of aromatic nitrogens is 6. The van der Waals surface area contributed by atoms with Crippen molar-refractivity contribution in [1.82, 2.24) is 39.8 Å². The molecule has 14 nitrogen and oxygen atoms in total. The van der Waals surface area contributed by atoms with E-state index >= 15 is 8.42 Å². The molecule has 1 saturated heterocycles. The number of benzene rings is 5. The van der Waals surface area contributed by atoms with Gasteiger partial charge in [-0.05, 0) is 102 Å². The summed E-state index contributed by atoms with van der Waals surface area (Å²) >= 11 is 1.58. The topological polar surface area (TPSA) is 175 Å². The number of nitrogens with zero attached hydrogens (tertiary/aromatic N) is 6. The summed E-state index contributed by atoms with van der Waals surface area (Å²) in [6, 6.07) is 32.0. The molecule has 0 radical (unpaired) electrons. The number of thioether (sulfide) groups is 1. The van der Waals surface area contributed by atoms with Crippen LogP contribution in [0.25, 0.3) is 33.5 Å². The van der Waals surface area contributed by atoms with Crippen molar-refractivity contribution in [3.8, 4) is 39.8 Å². The number of sulfonamides is 1. The van der Waals surface area contributed by atoms with Crippen molar-refractivity contribution in [2.45, 2.75) is 47.5 Å². The number of hydrogen-bond donors (Lipinski definition) is 3. The first-order valence-electron chi connectivity index (χ1n) is 19.2. The number of nitrogens with one attached hydrogen (secondary N) is 2. The molecule has 3 heterocycles. The van der Waals surface area contributed by atoms with Crippen molar-refractivity contribution >= 4 is 38.8 Å². The van der Waals surface area contributed by atoms with E-state index in [0.717, 1.165) is 48.4 Å². The standard InChI is InChI=1S/C43H45N9O5S2/c1-55-31-13-7-28(8-14-31)25-51(26-29-9-15-32(56-2)16-10-29)59(53,54)41-38(58-34-21-23-45-24-22-34)20-19-35(36-5-4-6-37-40(36)47-43(44)46-37)39(41)42-48-50-52(49-42)27-30-11-17-33(57-3)18-12-30/h4-20,34,45H,21-27H2,1-3H3,(H3,44,46,47). The molecule has 5 aromatic carbocycles. The number of para-hydroxylation sites is 1. The molecule has 1 fully saturated rings. The number of H-pyrrole nitrogens is 1. The van der Waals surface area contributed by atoms with Crippen molar-refractivity contribution in [2.75, 3.05) is 40.2 Å². The lowest BCUT2D eigenvalue weighted by Gasteiger charge is -2.28. The minimum absolute atomic E-state index is 0.0720. The summed E-state index contributed by atoms with van der Waals surface area (Å²) in [5.41, 5.74) is 11.6. The highest BCUT2D eigenvalue weighted by Crippen LogP contribution is 2.46. The van der Waals surface area contributed by atoms with Gasteiger partial charge in [-0.25, -0.2) is 13.4 Å². The summed E-state index contributed by atoms with van der Waals surface area (Å²) in [5, 5.41) is 17.6. The summed E-state index contributed by atoms with van der Waals surface area (Å²) in [4.78, 5) is 9.94. The monoisotopic (exact) mass is 831 g/mol. The van der Waals surface area contributed by atoms with Crippen LogP contribution in [0.3, 0.4) is 0 Å². The molecule has 0 saturated carbocycles. The molecular formula is C43H45N9O5S2. The maximum atomic E-state index is 16.0. The van der Waals surface area contributed by atoms with Crippen LogP contribution < -0.4 is 25.3 Å². The van der Waals surface area contributed by atoms with E-state index in [4.69, 9.17) is 25.0 Å². The Balaban J connectivity index is 1.35. The highest BCUT2D eigenvalue weighted by Gasteiger charge is 2.36. The van der Waals surface area contributed by atoms with Crippen LogP contribution in [-0.2, 0) is 29.7 Å². The molecule has 1 aliphatic heterocycles. The van der Waals surface area contributed by atoms with E-state index in [0.29, 0.717) is 50.7 Å². The van der Waals surface area contributed by atoms with Crippen LogP contribution in [0.1, 0.15) is 29.5 Å². The second kappa shape index (κ2) is 17.5. The number of aromatic amines is 1. The van der Waals surface area contributed by atoms with E-state index in [2.05, 4.69) is 25.6 Å². The molecule has 59 heavy (non-hydrogen) atoms. The Morgan fingerprint density at radius 2 is 1.37 bits per heavy atom. The summed E-state index contributed by atoms with van der Waals surface area (Å²) < 4.78 is 49.6. The third kappa shape index (κ3) is 8.76. The van der Waals surface area contributed by atoms with Gasteiger partial charge in [0.1, 0.15) is 22.1 Å². The van der Waals surface area contributed by atoms with Crippen LogP contribution in [-0.4, -0.2) is 82.6 Å².